The molecule has 0 aliphatic rings. The van der Waals surface area contributed by atoms with E-state index in [0.29, 0.717) is 5.56 Å². The van der Waals surface area contributed by atoms with Gasteiger partial charge < -0.3 is 0 Å². The fourth-order valence-electron chi connectivity index (χ4n) is 1.09. The fourth-order valence-corrected chi connectivity index (χ4v) is 1.09. The van der Waals surface area contributed by atoms with Crippen LogP contribution in [0.25, 0.3) is 5.57 Å². The number of benzene rings is 1. The number of aryl methyl sites for hydroxylation is 1. The van der Waals surface area contributed by atoms with Crippen LogP contribution in [0.2, 0.25) is 0 Å². The Morgan fingerprint density at radius 1 is 1.46 bits per heavy atom. The van der Waals surface area contributed by atoms with E-state index in [1.54, 1.807) is 13.0 Å². The van der Waals surface area contributed by atoms with E-state index in [9.17, 15) is 4.39 Å². The summed E-state index contributed by atoms with van der Waals surface area (Å²) in [6.07, 6.45) is 3.75. The van der Waals surface area contributed by atoms with Crippen molar-refractivity contribution in [1.82, 2.24) is 0 Å². The summed E-state index contributed by atoms with van der Waals surface area (Å²) in [7, 11) is 0. The highest BCUT2D eigenvalue weighted by atomic mass is 19.1. The lowest BCUT2D eigenvalue weighted by Crippen LogP contribution is -1.85. The quantitative estimate of drug-likeness (QED) is 0.602. The van der Waals surface area contributed by atoms with Crippen molar-refractivity contribution in [2.45, 2.75) is 13.8 Å². The van der Waals surface area contributed by atoms with Crippen LogP contribution in [0.1, 0.15) is 18.1 Å². The van der Waals surface area contributed by atoms with E-state index in [-0.39, 0.29) is 5.82 Å². The lowest BCUT2D eigenvalue weighted by molar-refractivity contribution is 0.618. The van der Waals surface area contributed by atoms with E-state index < -0.39 is 0 Å². The van der Waals surface area contributed by atoms with Crippen LogP contribution in [-0.2, 0) is 0 Å². The molecule has 0 saturated heterocycles. The Hall–Kier alpha value is -1.37. The molecule has 13 heavy (non-hydrogen) atoms. The molecular weight excluding hydrogens is 163 g/mol. The van der Waals surface area contributed by atoms with Crippen molar-refractivity contribution < 1.29 is 4.39 Å². The highest BCUT2D eigenvalue weighted by molar-refractivity contribution is 5.71. The van der Waals surface area contributed by atoms with Crippen LogP contribution >= 0.6 is 0 Å². The van der Waals surface area contributed by atoms with E-state index in [0.717, 1.165) is 11.1 Å². The first-order chi connectivity index (χ1) is 6.15. The van der Waals surface area contributed by atoms with E-state index >= 15 is 0 Å². The van der Waals surface area contributed by atoms with Crippen molar-refractivity contribution >= 4 is 5.57 Å². The number of hydrogen-bond acceptors (Lipinski definition) is 0. The van der Waals surface area contributed by atoms with Gasteiger partial charge in [-0.2, -0.15) is 0 Å². The zero-order chi connectivity index (χ0) is 9.84. The molecule has 0 radical (unpaired) electrons. The van der Waals surface area contributed by atoms with Gasteiger partial charge in [-0.25, -0.2) is 4.39 Å². The second-order valence-electron chi connectivity index (χ2n) is 2.99. The Bertz CT molecular complexity index is 348. The summed E-state index contributed by atoms with van der Waals surface area (Å²) in [6.45, 7) is 7.49. The van der Waals surface area contributed by atoms with Gasteiger partial charge >= 0.3 is 0 Å². The second-order valence-corrected chi connectivity index (χ2v) is 2.99. The topological polar surface area (TPSA) is 0 Å². The third-order valence-corrected chi connectivity index (χ3v) is 1.91. The van der Waals surface area contributed by atoms with Crippen molar-refractivity contribution in [2.24, 2.45) is 0 Å². The Balaban J connectivity index is 3.04. The molecule has 0 aliphatic heterocycles. The lowest BCUT2D eigenvalue weighted by atomic mass is 10.1. The first-order valence-corrected chi connectivity index (χ1v) is 4.23. The van der Waals surface area contributed by atoms with Crippen LogP contribution < -0.4 is 0 Å². The monoisotopic (exact) mass is 176 g/mol. The first-order valence-electron chi connectivity index (χ1n) is 4.23. The van der Waals surface area contributed by atoms with E-state index in [1.165, 1.54) is 6.07 Å². The standard InChI is InChI=1S/C12H13F/c1-4-5-9(2)11-7-6-10(3)12(13)8-11/h4-8H,2H2,1,3H3/b5-4-. The summed E-state index contributed by atoms with van der Waals surface area (Å²) in [6, 6.07) is 5.15. The largest absolute Gasteiger partial charge is 0.207 e. The normalized spacial score (nSPS) is 10.7. The van der Waals surface area contributed by atoms with Crippen LogP contribution in [0.3, 0.4) is 0 Å². The number of allylic oxidation sites excluding steroid dienone is 3. The molecule has 0 aromatic heterocycles. The molecule has 68 valence electrons. The van der Waals surface area contributed by atoms with Crippen LogP contribution in [0.15, 0.2) is 36.9 Å². The van der Waals surface area contributed by atoms with Crippen molar-refractivity contribution in [3.8, 4) is 0 Å². The molecule has 0 unspecified atom stereocenters. The van der Waals surface area contributed by atoms with Gasteiger partial charge in [-0.15, -0.1) is 0 Å². The fraction of sp³-hybridized carbons (Fsp3) is 0.167. The van der Waals surface area contributed by atoms with Gasteiger partial charge in [0, 0.05) is 0 Å². The lowest BCUT2D eigenvalue weighted by Gasteiger charge is -2.02. The Morgan fingerprint density at radius 3 is 2.69 bits per heavy atom. The summed E-state index contributed by atoms with van der Waals surface area (Å²) < 4.78 is 13.1. The molecule has 1 aromatic rings. The summed E-state index contributed by atoms with van der Waals surface area (Å²) in [5.74, 6) is -0.178. The third kappa shape index (κ3) is 2.28. The molecule has 0 amide bonds. The van der Waals surface area contributed by atoms with Crippen molar-refractivity contribution in [2.75, 3.05) is 0 Å². The predicted molar refractivity (Wildman–Crippen MR) is 55.0 cm³/mol. The van der Waals surface area contributed by atoms with E-state index in [4.69, 9.17) is 0 Å². The van der Waals surface area contributed by atoms with Gasteiger partial charge in [0.1, 0.15) is 5.82 Å². The second kappa shape index (κ2) is 4.04. The van der Waals surface area contributed by atoms with Crippen LogP contribution in [0, 0.1) is 12.7 Å². The van der Waals surface area contributed by atoms with E-state index in [2.05, 4.69) is 6.58 Å². The maximum absolute atomic E-state index is 13.1. The van der Waals surface area contributed by atoms with E-state index in [1.807, 2.05) is 25.1 Å². The number of hydrogen-bond donors (Lipinski definition) is 0. The van der Waals surface area contributed by atoms with Gasteiger partial charge in [-0.3, -0.25) is 0 Å². The molecule has 1 rings (SSSR count). The molecule has 0 nitrogen and oxygen atoms in total. The third-order valence-electron chi connectivity index (χ3n) is 1.91. The number of rotatable bonds is 2. The van der Waals surface area contributed by atoms with Gasteiger partial charge in [0.05, 0.1) is 0 Å². The van der Waals surface area contributed by atoms with Crippen molar-refractivity contribution in [1.29, 1.82) is 0 Å². The minimum atomic E-state index is -0.178. The first kappa shape index (κ1) is 9.72. The van der Waals surface area contributed by atoms with Crippen LogP contribution in [0.4, 0.5) is 4.39 Å². The highest BCUT2D eigenvalue weighted by Crippen LogP contribution is 2.16. The molecule has 0 saturated carbocycles. The molecule has 0 aliphatic carbocycles. The van der Waals surface area contributed by atoms with Gasteiger partial charge in [-0.05, 0) is 36.6 Å². The zero-order valence-electron chi connectivity index (χ0n) is 7.97. The predicted octanol–water partition coefficient (Wildman–Crippen LogP) is 3.72. The zero-order valence-corrected chi connectivity index (χ0v) is 7.97. The smallest absolute Gasteiger partial charge is 0.126 e. The SMILES string of the molecule is C=C(/C=C\C)c1ccc(C)c(F)c1. The highest BCUT2D eigenvalue weighted by Gasteiger charge is 1.99. The molecule has 0 heterocycles. The van der Waals surface area contributed by atoms with Gasteiger partial charge in [0.25, 0.3) is 0 Å². The molecule has 0 spiro atoms. The van der Waals surface area contributed by atoms with Gasteiger partial charge in [0.15, 0.2) is 0 Å². The molecule has 0 fully saturated rings. The molecular formula is C12H13F. The summed E-state index contributed by atoms with van der Waals surface area (Å²) in [5, 5.41) is 0. The molecule has 0 N–H and O–H groups in total. The summed E-state index contributed by atoms with van der Waals surface area (Å²) in [4.78, 5) is 0. The van der Waals surface area contributed by atoms with Gasteiger partial charge in [-0.1, -0.05) is 30.9 Å². The summed E-state index contributed by atoms with van der Waals surface area (Å²) >= 11 is 0. The minimum Gasteiger partial charge on any atom is -0.207 e. The number of halogens is 1. The Labute approximate surface area is 78.4 Å². The van der Waals surface area contributed by atoms with Crippen LogP contribution in [-0.4, -0.2) is 0 Å². The molecule has 1 aromatic carbocycles. The average Bonchev–Trinajstić information content (AvgIpc) is 2.10. The minimum absolute atomic E-state index is 0.178. The van der Waals surface area contributed by atoms with Crippen LogP contribution in [0.5, 0.6) is 0 Å². The molecule has 0 bridgehead atoms. The average molecular weight is 176 g/mol. The maximum atomic E-state index is 13.1. The maximum Gasteiger partial charge on any atom is 0.126 e. The Kier molecular flexibility index (Phi) is 3.02. The molecule has 0 atom stereocenters. The summed E-state index contributed by atoms with van der Waals surface area (Å²) in [5.41, 5.74) is 2.33. The Morgan fingerprint density at radius 2 is 2.15 bits per heavy atom. The van der Waals surface area contributed by atoms with Crippen molar-refractivity contribution in [3.63, 3.8) is 0 Å². The van der Waals surface area contributed by atoms with Crippen molar-refractivity contribution in [3.05, 3.63) is 53.9 Å². The molecule has 1 heteroatoms. The van der Waals surface area contributed by atoms with Gasteiger partial charge in [0.2, 0.25) is 0 Å².